The quantitative estimate of drug-likeness (QED) is 0.647. The number of aromatic nitrogens is 2. The summed E-state index contributed by atoms with van der Waals surface area (Å²) in [4.78, 5) is 41.0. The number of benzene rings is 2. The minimum Gasteiger partial charge on any atom is -0.481 e. The molecule has 1 amide bonds. The van der Waals surface area contributed by atoms with E-state index in [0.717, 1.165) is 16.0 Å². The summed E-state index contributed by atoms with van der Waals surface area (Å²) in [5.74, 6) is -0.0231. The summed E-state index contributed by atoms with van der Waals surface area (Å²) in [5.41, 5.74) is 6.49. The fourth-order valence-electron chi connectivity index (χ4n) is 3.15. The summed E-state index contributed by atoms with van der Waals surface area (Å²) in [6.45, 7) is 3.67. The second-order valence-corrected chi connectivity index (χ2v) is 7.04. The molecular formula is C22H24N4O4. The summed E-state index contributed by atoms with van der Waals surface area (Å²) >= 11 is 0. The first-order valence-corrected chi connectivity index (χ1v) is 9.45. The molecule has 0 saturated heterocycles. The minimum atomic E-state index is -0.870. The number of hydrogen-bond donors (Lipinski definition) is 2. The van der Waals surface area contributed by atoms with E-state index >= 15 is 0 Å². The Morgan fingerprint density at radius 1 is 1.17 bits per heavy atom. The molecule has 156 valence electrons. The number of ether oxygens (including phenoxy) is 1. The Kier molecular flexibility index (Phi) is 6.06. The lowest BCUT2D eigenvalue weighted by molar-refractivity contribution is -0.124. The maximum Gasteiger partial charge on any atom is 0.330 e. The molecule has 0 aliphatic carbocycles. The Bertz CT molecular complexity index is 1170. The van der Waals surface area contributed by atoms with Gasteiger partial charge in [-0.1, -0.05) is 42.5 Å². The molecule has 0 aliphatic rings. The van der Waals surface area contributed by atoms with Crippen LogP contribution in [-0.2, 0) is 11.3 Å². The Morgan fingerprint density at radius 3 is 2.53 bits per heavy atom. The van der Waals surface area contributed by atoms with Gasteiger partial charge in [0, 0.05) is 7.05 Å². The number of likely N-dealkylation sites (N-methyl/N-ethyl adjacent to an activating group) is 1. The van der Waals surface area contributed by atoms with Gasteiger partial charge in [0.25, 0.3) is 11.5 Å². The van der Waals surface area contributed by atoms with Gasteiger partial charge >= 0.3 is 5.69 Å². The number of rotatable bonds is 6. The Balaban J connectivity index is 1.90. The van der Waals surface area contributed by atoms with Gasteiger partial charge in [-0.3, -0.25) is 19.1 Å². The van der Waals surface area contributed by atoms with Crippen molar-refractivity contribution in [1.82, 2.24) is 9.55 Å². The van der Waals surface area contributed by atoms with Crippen molar-refractivity contribution >= 4 is 17.4 Å². The van der Waals surface area contributed by atoms with E-state index < -0.39 is 23.3 Å². The van der Waals surface area contributed by atoms with Gasteiger partial charge in [0.05, 0.1) is 6.54 Å². The summed E-state index contributed by atoms with van der Waals surface area (Å²) in [6.07, 6.45) is -0.870. The first-order chi connectivity index (χ1) is 14.3. The Hall–Kier alpha value is -3.81. The van der Waals surface area contributed by atoms with Crippen LogP contribution >= 0.6 is 0 Å². The van der Waals surface area contributed by atoms with Crippen LogP contribution in [0.1, 0.15) is 18.1 Å². The molecule has 8 nitrogen and oxygen atoms in total. The number of nitrogens with zero attached hydrogens (tertiary/aromatic N) is 2. The zero-order valence-electron chi connectivity index (χ0n) is 17.1. The van der Waals surface area contributed by atoms with E-state index in [1.165, 1.54) is 11.6 Å². The van der Waals surface area contributed by atoms with Crippen molar-refractivity contribution in [3.05, 3.63) is 86.6 Å². The molecule has 30 heavy (non-hydrogen) atoms. The van der Waals surface area contributed by atoms with Crippen LogP contribution in [0.3, 0.4) is 0 Å². The third kappa shape index (κ3) is 4.43. The van der Waals surface area contributed by atoms with Gasteiger partial charge in [-0.25, -0.2) is 4.79 Å². The highest BCUT2D eigenvalue weighted by molar-refractivity contribution is 5.97. The van der Waals surface area contributed by atoms with Crippen molar-refractivity contribution in [2.45, 2.75) is 26.5 Å². The van der Waals surface area contributed by atoms with Crippen LogP contribution < -0.4 is 26.6 Å². The van der Waals surface area contributed by atoms with Crippen LogP contribution in [0.15, 0.2) is 64.2 Å². The van der Waals surface area contributed by atoms with Crippen molar-refractivity contribution in [1.29, 1.82) is 0 Å². The maximum atomic E-state index is 12.9. The van der Waals surface area contributed by atoms with Crippen LogP contribution in [-0.4, -0.2) is 28.6 Å². The largest absolute Gasteiger partial charge is 0.481 e. The standard InChI is InChI=1S/C22H24N4O4/c1-14-8-7-11-17(12-14)30-15(2)21(28)25(3)18-19(23)26(22(29)24-20(18)27)13-16-9-5-4-6-10-16/h4-12,15H,13,23H2,1-3H3,(H,24,27,29). The Morgan fingerprint density at radius 2 is 1.87 bits per heavy atom. The first kappa shape index (κ1) is 20.9. The average Bonchev–Trinajstić information content (AvgIpc) is 2.71. The number of carbonyl (C=O) groups is 1. The molecule has 0 spiro atoms. The molecule has 0 aliphatic heterocycles. The van der Waals surface area contributed by atoms with Crippen LogP contribution in [0.4, 0.5) is 11.5 Å². The topological polar surface area (TPSA) is 110 Å². The van der Waals surface area contributed by atoms with Crippen molar-refractivity contribution in [2.24, 2.45) is 0 Å². The number of carbonyl (C=O) groups excluding carboxylic acids is 1. The number of amides is 1. The van der Waals surface area contributed by atoms with Gasteiger partial charge in [-0.2, -0.15) is 0 Å². The van der Waals surface area contributed by atoms with Crippen LogP contribution in [0.2, 0.25) is 0 Å². The second-order valence-electron chi connectivity index (χ2n) is 7.04. The number of H-pyrrole nitrogens is 1. The molecule has 0 fully saturated rings. The van der Waals surface area contributed by atoms with E-state index in [0.29, 0.717) is 5.75 Å². The van der Waals surface area contributed by atoms with Crippen LogP contribution in [0, 0.1) is 6.92 Å². The molecule has 1 heterocycles. The lowest BCUT2D eigenvalue weighted by Gasteiger charge is -2.23. The summed E-state index contributed by atoms with van der Waals surface area (Å²) < 4.78 is 6.94. The number of aromatic amines is 1. The summed E-state index contributed by atoms with van der Waals surface area (Å²) in [5, 5.41) is 0. The van der Waals surface area contributed by atoms with Crippen molar-refractivity contribution in [3.8, 4) is 5.75 Å². The van der Waals surface area contributed by atoms with E-state index in [1.54, 1.807) is 13.0 Å². The predicted molar refractivity (Wildman–Crippen MR) is 116 cm³/mol. The smallest absolute Gasteiger partial charge is 0.330 e. The molecule has 1 unspecified atom stereocenters. The zero-order chi connectivity index (χ0) is 21.8. The van der Waals surface area contributed by atoms with Gasteiger partial charge in [0.1, 0.15) is 11.6 Å². The van der Waals surface area contributed by atoms with Gasteiger partial charge in [0.2, 0.25) is 0 Å². The van der Waals surface area contributed by atoms with Crippen molar-refractivity contribution < 1.29 is 9.53 Å². The van der Waals surface area contributed by atoms with Crippen LogP contribution in [0.5, 0.6) is 5.75 Å². The molecular weight excluding hydrogens is 384 g/mol. The van der Waals surface area contributed by atoms with E-state index in [1.807, 2.05) is 55.5 Å². The minimum absolute atomic E-state index is 0.0915. The highest BCUT2D eigenvalue weighted by Gasteiger charge is 2.26. The lowest BCUT2D eigenvalue weighted by Crippen LogP contribution is -2.43. The molecule has 2 aromatic carbocycles. The lowest BCUT2D eigenvalue weighted by atomic mass is 10.2. The van der Waals surface area contributed by atoms with Gasteiger partial charge in [-0.05, 0) is 37.1 Å². The molecule has 3 rings (SSSR count). The Labute approximate surface area is 173 Å². The number of hydrogen-bond acceptors (Lipinski definition) is 5. The number of nitrogen functional groups attached to an aromatic ring is 1. The highest BCUT2D eigenvalue weighted by atomic mass is 16.5. The van der Waals surface area contributed by atoms with Gasteiger partial charge < -0.3 is 15.4 Å². The first-order valence-electron chi connectivity index (χ1n) is 9.45. The maximum absolute atomic E-state index is 12.9. The van der Waals surface area contributed by atoms with E-state index in [4.69, 9.17) is 10.5 Å². The average molecular weight is 408 g/mol. The van der Waals surface area contributed by atoms with Crippen molar-refractivity contribution in [2.75, 3.05) is 17.7 Å². The number of anilines is 2. The van der Waals surface area contributed by atoms with Crippen LogP contribution in [0.25, 0.3) is 0 Å². The molecule has 0 bridgehead atoms. The van der Waals surface area contributed by atoms with E-state index in [2.05, 4.69) is 4.98 Å². The number of aryl methyl sites for hydroxylation is 1. The highest BCUT2D eigenvalue weighted by Crippen LogP contribution is 2.19. The fraction of sp³-hybridized carbons (Fsp3) is 0.227. The van der Waals surface area contributed by atoms with Gasteiger partial charge in [-0.15, -0.1) is 0 Å². The summed E-state index contributed by atoms with van der Waals surface area (Å²) in [6, 6.07) is 16.5. The molecule has 0 saturated carbocycles. The molecule has 1 atom stereocenters. The molecule has 1 aromatic heterocycles. The normalized spacial score (nSPS) is 11.7. The number of nitrogens with two attached hydrogens (primary N) is 1. The third-order valence-electron chi connectivity index (χ3n) is 4.71. The molecule has 3 N–H and O–H groups in total. The zero-order valence-corrected chi connectivity index (χ0v) is 17.1. The monoisotopic (exact) mass is 408 g/mol. The third-order valence-corrected chi connectivity index (χ3v) is 4.71. The van der Waals surface area contributed by atoms with E-state index in [-0.39, 0.29) is 18.1 Å². The molecule has 3 aromatic rings. The SMILES string of the molecule is Cc1cccc(OC(C)C(=O)N(C)c2c(N)n(Cc3ccccc3)c(=O)[nH]c2=O)c1. The second kappa shape index (κ2) is 8.69. The molecule has 8 heteroatoms. The summed E-state index contributed by atoms with van der Waals surface area (Å²) in [7, 11) is 1.43. The van der Waals surface area contributed by atoms with Crippen molar-refractivity contribution in [3.63, 3.8) is 0 Å². The number of nitrogens with one attached hydrogen (secondary N) is 1. The van der Waals surface area contributed by atoms with Gasteiger partial charge in [0.15, 0.2) is 11.8 Å². The fourth-order valence-corrected chi connectivity index (χ4v) is 3.15. The predicted octanol–water partition coefficient (Wildman–Crippen LogP) is 1.91. The molecule has 0 radical (unpaired) electrons. The van der Waals surface area contributed by atoms with E-state index in [9.17, 15) is 14.4 Å².